The Hall–Kier alpha value is -3.51. The largest absolute Gasteiger partial charge is 0.488 e. The topological polar surface area (TPSA) is 69.2 Å². The van der Waals surface area contributed by atoms with Crippen molar-refractivity contribution in [2.24, 2.45) is 5.10 Å². The standard InChI is InChI=1S/C24H21ClN2O4/c25-20-7-3-1-6-19(20)16-31-21-8-4-2-5-18(21)15-26-27-24(28)14-17-9-10-22-23(13-17)30-12-11-29-22/h1-10,13,15H,11-12,14,16H2,(H,27,28)/b26-15+. The zero-order chi connectivity index (χ0) is 21.5. The Labute approximate surface area is 185 Å². The van der Waals surface area contributed by atoms with Crippen molar-refractivity contribution < 1.29 is 19.0 Å². The summed E-state index contributed by atoms with van der Waals surface area (Å²) >= 11 is 6.19. The van der Waals surface area contributed by atoms with Crippen LogP contribution >= 0.6 is 11.6 Å². The number of rotatable bonds is 7. The van der Waals surface area contributed by atoms with Gasteiger partial charge in [-0.15, -0.1) is 0 Å². The highest BCUT2D eigenvalue weighted by Gasteiger charge is 2.13. The van der Waals surface area contributed by atoms with Crippen LogP contribution in [0.1, 0.15) is 16.7 Å². The van der Waals surface area contributed by atoms with Crippen molar-refractivity contribution >= 4 is 23.7 Å². The number of carbonyl (C=O) groups excluding carboxylic acids is 1. The van der Waals surface area contributed by atoms with Gasteiger partial charge in [-0.1, -0.05) is 48.0 Å². The lowest BCUT2D eigenvalue weighted by Crippen LogP contribution is -2.20. The number of nitrogens with zero attached hydrogens (tertiary/aromatic N) is 1. The Bertz CT molecular complexity index is 1100. The number of carbonyl (C=O) groups is 1. The van der Waals surface area contributed by atoms with E-state index in [1.165, 1.54) is 0 Å². The maximum Gasteiger partial charge on any atom is 0.244 e. The van der Waals surface area contributed by atoms with E-state index < -0.39 is 0 Å². The maximum absolute atomic E-state index is 12.3. The number of benzene rings is 3. The van der Waals surface area contributed by atoms with Crippen molar-refractivity contribution in [3.8, 4) is 17.2 Å². The highest BCUT2D eigenvalue weighted by atomic mass is 35.5. The Kier molecular flexibility index (Phi) is 6.69. The van der Waals surface area contributed by atoms with E-state index in [4.69, 9.17) is 25.8 Å². The van der Waals surface area contributed by atoms with Crippen molar-refractivity contribution in [3.05, 3.63) is 88.4 Å². The quantitative estimate of drug-likeness (QED) is 0.440. The van der Waals surface area contributed by atoms with Crippen molar-refractivity contribution in [1.82, 2.24) is 5.43 Å². The lowest BCUT2D eigenvalue weighted by Gasteiger charge is -2.18. The number of halogens is 1. The second-order valence-corrected chi connectivity index (χ2v) is 7.27. The number of hydrogen-bond acceptors (Lipinski definition) is 5. The smallest absolute Gasteiger partial charge is 0.244 e. The summed E-state index contributed by atoms with van der Waals surface area (Å²) in [6, 6.07) is 20.4. The number of nitrogens with one attached hydrogen (secondary N) is 1. The Morgan fingerprint density at radius 3 is 2.68 bits per heavy atom. The molecule has 0 aromatic heterocycles. The molecular formula is C24H21ClN2O4. The molecule has 158 valence electrons. The van der Waals surface area contributed by atoms with Gasteiger partial charge in [0.25, 0.3) is 0 Å². The summed E-state index contributed by atoms with van der Waals surface area (Å²) in [5.74, 6) is 1.76. The van der Waals surface area contributed by atoms with Gasteiger partial charge in [0, 0.05) is 16.1 Å². The number of hydrogen-bond donors (Lipinski definition) is 1. The van der Waals surface area contributed by atoms with E-state index in [2.05, 4.69) is 10.5 Å². The minimum Gasteiger partial charge on any atom is -0.488 e. The SMILES string of the molecule is O=C(Cc1ccc2c(c1)OCCO2)N/N=C/c1ccccc1OCc1ccccc1Cl. The van der Waals surface area contributed by atoms with Gasteiger partial charge in [-0.05, 0) is 35.9 Å². The van der Waals surface area contributed by atoms with Gasteiger partial charge in [0.2, 0.25) is 5.91 Å². The predicted octanol–water partition coefficient (Wildman–Crippen LogP) is 4.38. The fourth-order valence-electron chi connectivity index (χ4n) is 3.09. The summed E-state index contributed by atoms with van der Waals surface area (Å²) in [7, 11) is 0. The molecule has 1 heterocycles. The summed E-state index contributed by atoms with van der Waals surface area (Å²) in [6.45, 7) is 1.37. The van der Waals surface area contributed by atoms with E-state index >= 15 is 0 Å². The van der Waals surface area contributed by atoms with Crippen molar-refractivity contribution in [3.63, 3.8) is 0 Å². The van der Waals surface area contributed by atoms with Gasteiger partial charge in [-0.3, -0.25) is 4.79 Å². The van der Waals surface area contributed by atoms with Gasteiger partial charge in [-0.25, -0.2) is 5.43 Å². The molecule has 7 heteroatoms. The molecule has 0 aliphatic carbocycles. The fourth-order valence-corrected chi connectivity index (χ4v) is 3.28. The molecule has 1 aliphatic rings. The molecule has 0 saturated carbocycles. The van der Waals surface area contributed by atoms with Crippen molar-refractivity contribution in [2.75, 3.05) is 13.2 Å². The zero-order valence-corrected chi connectivity index (χ0v) is 17.5. The number of ether oxygens (including phenoxy) is 3. The number of hydrazone groups is 1. The summed E-state index contributed by atoms with van der Waals surface area (Å²) in [5.41, 5.74) is 5.01. The third kappa shape index (κ3) is 5.55. The monoisotopic (exact) mass is 436 g/mol. The number of fused-ring (bicyclic) bond motifs is 1. The van der Waals surface area contributed by atoms with Crippen LogP contribution in [-0.2, 0) is 17.8 Å². The van der Waals surface area contributed by atoms with E-state index in [0.717, 1.165) is 16.7 Å². The van der Waals surface area contributed by atoms with E-state index in [-0.39, 0.29) is 12.3 Å². The molecule has 0 atom stereocenters. The molecule has 0 radical (unpaired) electrons. The number of amides is 1. The Morgan fingerprint density at radius 2 is 1.81 bits per heavy atom. The van der Waals surface area contributed by atoms with Crippen LogP contribution in [0, 0.1) is 0 Å². The van der Waals surface area contributed by atoms with Crippen LogP contribution in [0.15, 0.2) is 71.8 Å². The molecule has 6 nitrogen and oxygen atoms in total. The summed E-state index contributed by atoms with van der Waals surface area (Å²) < 4.78 is 16.9. The van der Waals surface area contributed by atoms with Crippen LogP contribution in [-0.4, -0.2) is 25.3 Å². The van der Waals surface area contributed by atoms with Gasteiger partial charge < -0.3 is 14.2 Å². The van der Waals surface area contributed by atoms with Gasteiger partial charge >= 0.3 is 0 Å². The third-order valence-corrected chi connectivity index (χ3v) is 4.99. The van der Waals surface area contributed by atoms with Gasteiger partial charge in [0.05, 0.1) is 12.6 Å². The molecule has 1 amide bonds. The van der Waals surface area contributed by atoms with E-state index in [0.29, 0.717) is 42.1 Å². The lowest BCUT2D eigenvalue weighted by molar-refractivity contribution is -0.120. The lowest BCUT2D eigenvalue weighted by atomic mass is 10.1. The average molecular weight is 437 g/mol. The predicted molar refractivity (Wildman–Crippen MR) is 119 cm³/mol. The first-order chi connectivity index (χ1) is 15.2. The maximum atomic E-state index is 12.3. The molecule has 0 bridgehead atoms. The molecular weight excluding hydrogens is 416 g/mol. The highest BCUT2D eigenvalue weighted by molar-refractivity contribution is 6.31. The molecule has 3 aromatic carbocycles. The van der Waals surface area contributed by atoms with Gasteiger partial charge in [0.15, 0.2) is 11.5 Å². The Balaban J connectivity index is 1.34. The van der Waals surface area contributed by atoms with E-state index in [1.807, 2.05) is 66.7 Å². The second-order valence-electron chi connectivity index (χ2n) is 6.87. The minimum atomic E-state index is -0.234. The normalized spacial score (nSPS) is 12.5. The Morgan fingerprint density at radius 1 is 1.03 bits per heavy atom. The molecule has 3 aromatic rings. The molecule has 1 N–H and O–H groups in total. The summed E-state index contributed by atoms with van der Waals surface area (Å²) in [6.07, 6.45) is 1.74. The second kappa shape index (κ2) is 10.00. The first-order valence-electron chi connectivity index (χ1n) is 9.85. The van der Waals surface area contributed by atoms with E-state index in [1.54, 1.807) is 6.21 Å². The van der Waals surface area contributed by atoms with Crippen LogP contribution < -0.4 is 19.6 Å². The van der Waals surface area contributed by atoms with Crippen LogP contribution in [0.4, 0.5) is 0 Å². The summed E-state index contributed by atoms with van der Waals surface area (Å²) in [5, 5.41) is 4.72. The van der Waals surface area contributed by atoms with Gasteiger partial charge in [0.1, 0.15) is 25.6 Å². The molecule has 1 aliphatic heterocycles. The highest BCUT2D eigenvalue weighted by Crippen LogP contribution is 2.30. The van der Waals surface area contributed by atoms with E-state index in [9.17, 15) is 4.79 Å². The number of para-hydroxylation sites is 1. The van der Waals surface area contributed by atoms with Crippen molar-refractivity contribution in [1.29, 1.82) is 0 Å². The molecule has 31 heavy (non-hydrogen) atoms. The molecule has 0 fully saturated rings. The first-order valence-corrected chi connectivity index (χ1v) is 10.2. The van der Waals surface area contributed by atoms with Crippen LogP contribution in [0.3, 0.4) is 0 Å². The average Bonchev–Trinajstić information content (AvgIpc) is 2.79. The molecule has 0 spiro atoms. The molecule has 4 rings (SSSR count). The first kappa shape index (κ1) is 20.8. The van der Waals surface area contributed by atoms with Crippen LogP contribution in [0.5, 0.6) is 17.2 Å². The molecule has 0 unspecified atom stereocenters. The van der Waals surface area contributed by atoms with Crippen LogP contribution in [0.25, 0.3) is 0 Å². The summed E-state index contributed by atoms with van der Waals surface area (Å²) in [4.78, 5) is 12.3. The van der Waals surface area contributed by atoms with Crippen molar-refractivity contribution in [2.45, 2.75) is 13.0 Å². The van der Waals surface area contributed by atoms with Gasteiger partial charge in [-0.2, -0.15) is 5.10 Å². The fraction of sp³-hybridized carbons (Fsp3) is 0.167. The third-order valence-electron chi connectivity index (χ3n) is 4.62. The van der Waals surface area contributed by atoms with Crippen LogP contribution in [0.2, 0.25) is 5.02 Å². The zero-order valence-electron chi connectivity index (χ0n) is 16.7. The minimum absolute atomic E-state index is 0.179. The molecule has 0 saturated heterocycles.